The molecule has 1 unspecified atom stereocenters. The van der Waals surface area contributed by atoms with Gasteiger partial charge in [-0.15, -0.1) is 11.3 Å². The quantitative estimate of drug-likeness (QED) is 0.847. The number of halogens is 3. The average Bonchev–Trinajstić information content (AvgIpc) is 2.76. The Bertz CT molecular complexity index is 542. The van der Waals surface area contributed by atoms with Crippen LogP contribution in [0, 0.1) is 5.82 Å². The van der Waals surface area contributed by atoms with Crippen LogP contribution in [0.5, 0.6) is 0 Å². The van der Waals surface area contributed by atoms with Crippen molar-refractivity contribution in [2.45, 2.75) is 13.0 Å². The van der Waals surface area contributed by atoms with E-state index in [4.69, 9.17) is 23.2 Å². The highest BCUT2D eigenvalue weighted by atomic mass is 35.5. The predicted octanol–water partition coefficient (Wildman–Crippen LogP) is 4.89. The molecule has 0 saturated carbocycles. The number of hydrogen-bond acceptors (Lipinski definition) is 2. The van der Waals surface area contributed by atoms with Crippen molar-refractivity contribution in [2.75, 3.05) is 6.54 Å². The Hall–Kier alpha value is -0.610. The molecular weight excluding hydrogens is 292 g/mol. The van der Waals surface area contributed by atoms with Crippen LogP contribution < -0.4 is 5.32 Å². The first-order valence-corrected chi connectivity index (χ1v) is 7.18. The van der Waals surface area contributed by atoms with Gasteiger partial charge in [0.2, 0.25) is 0 Å². The summed E-state index contributed by atoms with van der Waals surface area (Å²) in [5.41, 5.74) is 0.711. The summed E-state index contributed by atoms with van der Waals surface area (Å²) in [6.07, 6.45) is 0. The van der Waals surface area contributed by atoms with E-state index in [0.717, 1.165) is 11.4 Å². The van der Waals surface area contributed by atoms with E-state index in [9.17, 15) is 4.39 Å². The standard InChI is InChI=1S/C13H12Cl2FNS/c1-2-17-12(13-11(15)5-6-18-13)9-7-8(16)3-4-10(9)14/h3-7,12,17H,2H2,1H3. The molecule has 0 spiro atoms. The minimum Gasteiger partial charge on any atom is -0.306 e. The zero-order valence-electron chi connectivity index (χ0n) is 9.71. The van der Waals surface area contributed by atoms with Crippen molar-refractivity contribution in [3.63, 3.8) is 0 Å². The van der Waals surface area contributed by atoms with Crippen LogP contribution in [0.4, 0.5) is 4.39 Å². The molecule has 1 atom stereocenters. The van der Waals surface area contributed by atoms with Gasteiger partial charge in [0.25, 0.3) is 0 Å². The second kappa shape index (κ2) is 6.02. The second-order valence-electron chi connectivity index (χ2n) is 3.79. The largest absolute Gasteiger partial charge is 0.306 e. The molecule has 5 heteroatoms. The van der Waals surface area contributed by atoms with E-state index in [0.29, 0.717) is 15.6 Å². The zero-order valence-corrected chi connectivity index (χ0v) is 12.0. The molecule has 1 nitrogen and oxygen atoms in total. The smallest absolute Gasteiger partial charge is 0.123 e. The van der Waals surface area contributed by atoms with E-state index in [1.54, 1.807) is 6.07 Å². The molecule has 0 aliphatic heterocycles. The molecule has 0 bridgehead atoms. The summed E-state index contributed by atoms with van der Waals surface area (Å²) in [7, 11) is 0. The Labute approximate surface area is 120 Å². The van der Waals surface area contributed by atoms with Gasteiger partial charge in [0.15, 0.2) is 0 Å². The maximum absolute atomic E-state index is 13.4. The van der Waals surface area contributed by atoms with Crippen molar-refractivity contribution in [2.24, 2.45) is 0 Å². The number of hydrogen-bond donors (Lipinski definition) is 1. The van der Waals surface area contributed by atoms with Gasteiger partial charge in [0.05, 0.1) is 11.1 Å². The fraction of sp³-hybridized carbons (Fsp3) is 0.231. The molecule has 0 aliphatic carbocycles. The van der Waals surface area contributed by atoms with Crippen molar-refractivity contribution >= 4 is 34.5 Å². The molecule has 1 heterocycles. The maximum Gasteiger partial charge on any atom is 0.123 e. The lowest BCUT2D eigenvalue weighted by atomic mass is 10.0. The summed E-state index contributed by atoms with van der Waals surface area (Å²) >= 11 is 13.8. The Kier molecular flexibility index (Phi) is 4.62. The lowest BCUT2D eigenvalue weighted by molar-refractivity contribution is 0.607. The number of benzene rings is 1. The van der Waals surface area contributed by atoms with Crippen LogP contribution in [-0.2, 0) is 0 Å². The normalized spacial score (nSPS) is 12.7. The molecule has 0 amide bonds. The summed E-state index contributed by atoms with van der Waals surface area (Å²) in [6, 6.07) is 6.03. The van der Waals surface area contributed by atoms with Crippen molar-refractivity contribution in [3.8, 4) is 0 Å². The van der Waals surface area contributed by atoms with Gasteiger partial charge in [-0.25, -0.2) is 4.39 Å². The SMILES string of the molecule is CCNC(c1cc(F)ccc1Cl)c1sccc1Cl. The Morgan fingerprint density at radius 3 is 2.67 bits per heavy atom. The Morgan fingerprint density at radius 1 is 1.28 bits per heavy atom. The summed E-state index contributed by atoms with van der Waals surface area (Å²) < 4.78 is 13.4. The van der Waals surface area contributed by atoms with E-state index in [1.807, 2.05) is 18.4 Å². The monoisotopic (exact) mass is 303 g/mol. The third kappa shape index (κ3) is 2.86. The lowest BCUT2D eigenvalue weighted by Gasteiger charge is -2.19. The van der Waals surface area contributed by atoms with E-state index < -0.39 is 0 Å². The van der Waals surface area contributed by atoms with Crippen molar-refractivity contribution in [1.82, 2.24) is 5.32 Å². The summed E-state index contributed by atoms with van der Waals surface area (Å²) in [5, 5.41) is 6.40. The summed E-state index contributed by atoms with van der Waals surface area (Å²) in [6.45, 7) is 2.73. The van der Waals surface area contributed by atoms with Crippen molar-refractivity contribution < 1.29 is 4.39 Å². The maximum atomic E-state index is 13.4. The molecule has 0 saturated heterocycles. The van der Waals surface area contributed by atoms with Gasteiger partial charge in [0.1, 0.15) is 5.82 Å². The van der Waals surface area contributed by atoms with Crippen LogP contribution in [0.25, 0.3) is 0 Å². The average molecular weight is 304 g/mol. The number of rotatable bonds is 4. The topological polar surface area (TPSA) is 12.0 Å². The highest BCUT2D eigenvalue weighted by Gasteiger charge is 2.20. The Balaban J connectivity index is 2.48. The third-order valence-corrected chi connectivity index (χ3v) is 4.35. The fourth-order valence-corrected chi connectivity index (χ4v) is 3.28. The minimum atomic E-state index is -0.301. The number of nitrogens with one attached hydrogen (secondary N) is 1. The van der Waals surface area contributed by atoms with Crippen LogP contribution in [0.1, 0.15) is 23.4 Å². The summed E-state index contributed by atoms with van der Waals surface area (Å²) in [4.78, 5) is 0.950. The molecule has 0 radical (unpaired) electrons. The third-order valence-electron chi connectivity index (χ3n) is 2.58. The fourth-order valence-electron chi connectivity index (χ4n) is 1.80. The van der Waals surface area contributed by atoms with Gasteiger partial charge >= 0.3 is 0 Å². The molecule has 0 fully saturated rings. The van der Waals surface area contributed by atoms with Crippen LogP contribution in [0.15, 0.2) is 29.6 Å². The molecule has 0 aliphatic rings. The second-order valence-corrected chi connectivity index (χ2v) is 5.55. The van der Waals surface area contributed by atoms with E-state index in [2.05, 4.69) is 5.32 Å². The molecule has 18 heavy (non-hydrogen) atoms. The van der Waals surface area contributed by atoms with Gasteiger partial charge in [-0.1, -0.05) is 30.1 Å². The molecule has 1 N–H and O–H groups in total. The van der Waals surface area contributed by atoms with Gasteiger partial charge < -0.3 is 5.32 Å². The van der Waals surface area contributed by atoms with Gasteiger partial charge in [-0.2, -0.15) is 0 Å². The molecule has 2 aromatic rings. The van der Waals surface area contributed by atoms with E-state index in [1.165, 1.54) is 23.5 Å². The zero-order chi connectivity index (χ0) is 13.1. The van der Waals surface area contributed by atoms with Crippen LogP contribution in [0.3, 0.4) is 0 Å². The predicted molar refractivity (Wildman–Crippen MR) is 76.3 cm³/mol. The first kappa shape index (κ1) is 13.8. The molecule has 1 aromatic heterocycles. The van der Waals surface area contributed by atoms with E-state index in [-0.39, 0.29) is 11.9 Å². The summed E-state index contributed by atoms with van der Waals surface area (Å²) in [5.74, 6) is -0.301. The Morgan fingerprint density at radius 2 is 2.06 bits per heavy atom. The van der Waals surface area contributed by atoms with E-state index >= 15 is 0 Å². The highest BCUT2D eigenvalue weighted by molar-refractivity contribution is 7.10. The first-order chi connectivity index (χ1) is 8.63. The van der Waals surface area contributed by atoms with Crippen LogP contribution in [0.2, 0.25) is 10.0 Å². The first-order valence-electron chi connectivity index (χ1n) is 5.54. The van der Waals surface area contributed by atoms with Crippen molar-refractivity contribution in [1.29, 1.82) is 0 Å². The van der Waals surface area contributed by atoms with Crippen LogP contribution in [-0.4, -0.2) is 6.54 Å². The van der Waals surface area contributed by atoms with Gasteiger partial charge in [-0.3, -0.25) is 0 Å². The van der Waals surface area contributed by atoms with Crippen molar-refractivity contribution in [3.05, 3.63) is 55.9 Å². The molecule has 1 aromatic carbocycles. The molecule has 96 valence electrons. The van der Waals surface area contributed by atoms with Crippen LogP contribution >= 0.6 is 34.5 Å². The van der Waals surface area contributed by atoms with Gasteiger partial charge in [0, 0.05) is 9.90 Å². The number of thiophene rings is 1. The molecular formula is C13H12Cl2FNS. The highest BCUT2D eigenvalue weighted by Crippen LogP contribution is 2.36. The molecule has 2 rings (SSSR count). The minimum absolute atomic E-state index is 0.175. The lowest BCUT2D eigenvalue weighted by Crippen LogP contribution is -2.21. The van der Waals surface area contributed by atoms with Gasteiger partial charge in [-0.05, 0) is 41.8 Å².